The summed E-state index contributed by atoms with van der Waals surface area (Å²) in [6.45, 7) is 3.30. The Balaban J connectivity index is 0.000000249. The van der Waals surface area contributed by atoms with Gasteiger partial charge in [-0.1, -0.05) is 0 Å². The van der Waals surface area contributed by atoms with Crippen molar-refractivity contribution in [3.05, 3.63) is 0 Å². The van der Waals surface area contributed by atoms with E-state index in [0.717, 1.165) is 26.2 Å². The quantitative estimate of drug-likeness (QED) is 0.541. The summed E-state index contributed by atoms with van der Waals surface area (Å²) in [5.41, 5.74) is 0. The van der Waals surface area contributed by atoms with E-state index in [9.17, 15) is 18.0 Å². The molecule has 3 N–H and O–H groups in total. The summed E-state index contributed by atoms with van der Waals surface area (Å²) < 4.78 is 33.1. The first-order chi connectivity index (χ1) is 6.56. The van der Waals surface area contributed by atoms with Gasteiger partial charge in [0, 0.05) is 26.2 Å². The molecule has 0 radical (unpaired) electrons. The summed E-state index contributed by atoms with van der Waals surface area (Å²) in [6.07, 6.45) is -4.28. The van der Waals surface area contributed by atoms with Crippen LogP contribution in [0, 0.1) is 0 Å². The van der Waals surface area contributed by atoms with Gasteiger partial charge in [-0.25, -0.2) is 0 Å². The van der Waals surface area contributed by atoms with Crippen LogP contribution in [-0.4, -0.2) is 45.3 Å². The van der Waals surface area contributed by atoms with Crippen LogP contribution in [0.4, 0.5) is 13.2 Å². The van der Waals surface area contributed by atoms with Gasteiger partial charge in [0.2, 0.25) is 6.41 Å². The van der Waals surface area contributed by atoms with Crippen molar-refractivity contribution in [1.82, 2.24) is 16.0 Å². The highest BCUT2D eigenvalue weighted by Crippen LogP contribution is 2.11. The molecular weight excluding hydrogens is 199 g/mol. The van der Waals surface area contributed by atoms with Crippen LogP contribution in [0.25, 0.3) is 0 Å². The Morgan fingerprint density at radius 3 is 1.71 bits per heavy atom. The van der Waals surface area contributed by atoms with E-state index in [2.05, 4.69) is 10.6 Å². The van der Waals surface area contributed by atoms with E-state index in [1.165, 1.54) is 5.32 Å². The minimum Gasteiger partial charge on any atom is -0.350 e. The second-order valence-corrected chi connectivity index (χ2v) is 2.61. The molecule has 1 amide bonds. The van der Waals surface area contributed by atoms with Gasteiger partial charge in [-0.05, 0) is 0 Å². The molecule has 0 atom stereocenters. The predicted octanol–water partition coefficient (Wildman–Crippen LogP) is -0.526. The number of rotatable bonds is 2. The lowest BCUT2D eigenvalue weighted by molar-refractivity contribution is -0.132. The fourth-order valence-electron chi connectivity index (χ4n) is 0.761. The van der Waals surface area contributed by atoms with Crippen LogP contribution in [-0.2, 0) is 4.79 Å². The zero-order valence-electron chi connectivity index (χ0n) is 7.66. The van der Waals surface area contributed by atoms with Crippen molar-refractivity contribution >= 4 is 6.41 Å². The van der Waals surface area contributed by atoms with Crippen molar-refractivity contribution in [3.8, 4) is 0 Å². The second-order valence-electron chi connectivity index (χ2n) is 2.61. The molecule has 0 aromatic carbocycles. The standard InChI is InChI=1S/C4H10N2.C3H4F3NO/c1-2-6-4-3-5-1;4-3(5,6)1-7-2-8/h5-6H,1-4H2;2H,1H2,(H,7,8). The molecule has 1 fully saturated rings. The lowest BCUT2D eigenvalue weighted by Gasteiger charge is -2.11. The Morgan fingerprint density at radius 2 is 1.57 bits per heavy atom. The molecule has 1 saturated heterocycles. The third kappa shape index (κ3) is 11.2. The SMILES string of the molecule is C1CNCCN1.O=CNCC(F)(F)F. The number of piperazine rings is 1. The maximum atomic E-state index is 11.0. The fourth-order valence-corrected chi connectivity index (χ4v) is 0.761. The van der Waals surface area contributed by atoms with Crippen LogP contribution in [0.5, 0.6) is 0 Å². The monoisotopic (exact) mass is 213 g/mol. The van der Waals surface area contributed by atoms with E-state index in [1.807, 2.05) is 0 Å². The average Bonchev–Trinajstić information content (AvgIpc) is 2.17. The largest absolute Gasteiger partial charge is 0.405 e. The highest BCUT2D eigenvalue weighted by atomic mass is 19.4. The molecule has 0 saturated carbocycles. The van der Waals surface area contributed by atoms with E-state index in [0.29, 0.717) is 0 Å². The summed E-state index contributed by atoms with van der Waals surface area (Å²) >= 11 is 0. The van der Waals surface area contributed by atoms with E-state index in [1.54, 1.807) is 0 Å². The highest BCUT2D eigenvalue weighted by molar-refractivity contribution is 5.45. The summed E-state index contributed by atoms with van der Waals surface area (Å²) in [5, 5.41) is 7.93. The normalized spacial score (nSPS) is 16.5. The Labute approximate surface area is 80.2 Å². The van der Waals surface area contributed by atoms with Crippen LogP contribution in [0.15, 0.2) is 0 Å². The molecular formula is C7H14F3N3O. The molecule has 0 spiro atoms. The fraction of sp³-hybridized carbons (Fsp3) is 0.857. The van der Waals surface area contributed by atoms with Gasteiger partial charge in [-0.2, -0.15) is 13.2 Å². The number of carbonyl (C=O) groups is 1. The Morgan fingerprint density at radius 1 is 1.14 bits per heavy atom. The number of hydrogen-bond acceptors (Lipinski definition) is 3. The molecule has 84 valence electrons. The van der Waals surface area contributed by atoms with Gasteiger partial charge in [0.25, 0.3) is 0 Å². The van der Waals surface area contributed by atoms with Crippen LogP contribution < -0.4 is 16.0 Å². The van der Waals surface area contributed by atoms with Crippen LogP contribution in [0.2, 0.25) is 0 Å². The second kappa shape index (κ2) is 7.57. The van der Waals surface area contributed by atoms with Crippen molar-refractivity contribution in [2.45, 2.75) is 6.18 Å². The van der Waals surface area contributed by atoms with Gasteiger partial charge in [0.1, 0.15) is 6.54 Å². The lowest BCUT2D eigenvalue weighted by Crippen LogP contribution is -2.39. The number of hydrogen-bond donors (Lipinski definition) is 3. The van der Waals surface area contributed by atoms with E-state index in [-0.39, 0.29) is 6.41 Å². The molecule has 0 bridgehead atoms. The topological polar surface area (TPSA) is 53.2 Å². The highest BCUT2D eigenvalue weighted by Gasteiger charge is 2.25. The molecule has 1 heterocycles. The Kier molecular flexibility index (Phi) is 7.13. The minimum absolute atomic E-state index is 0.00743. The van der Waals surface area contributed by atoms with Crippen molar-refractivity contribution in [2.24, 2.45) is 0 Å². The van der Waals surface area contributed by atoms with Gasteiger partial charge in [0.15, 0.2) is 0 Å². The Hall–Kier alpha value is -0.820. The predicted molar refractivity (Wildman–Crippen MR) is 45.9 cm³/mol. The number of nitrogens with one attached hydrogen (secondary N) is 3. The lowest BCUT2D eigenvalue weighted by atomic mass is 10.4. The molecule has 4 nitrogen and oxygen atoms in total. The zero-order chi connectivity index (χ0) is 10.9. The van der Waals surface area contributed by atoms with E-state index in [4.69, 9.17) is 0 Å². The average molecular weight is 213 g/mol. The van der Waals surface area contributed by atoms with Crippen LogP contribution in [0.1, 0.15) is 0 Å². The molecule has 1 aliphatic heterocycles. The first kappa shape index (κ1) is 13.2. The molecule has 7 heteroatoms. The Bertz CT molecular complexity index is 136. The molecule has 0 aromatic heterocycles. The summed E-state index contributed by atoms with van der Waals surface area (Å²) in [4.78, 5) is 9.24. The first-order valence-electron chi connectivity index (χ1n) is 4.21. The summed E-state index contributed by atoms with van der Waals surface area (Å²) in [7, 11) is 0. The van der Waals surface area contributed by atoms with Crippen molar-refractivity contribution in [3.63, 3.8) is 0 Å². The van der Waals surface area contributed by atoms with Crippen LogP contribution in [0.3, 0.4) is 0 Å². The van der Waals surface area contributed by atoms with Crippen LogP contribution >= 0.6 is 0 Å². The summed E-state index contributed by atoms with van der Waals surface area (Å²) in [5.74, 6) is 0. The van der Waals surface area contributed by atoms with Gasteiger partial charge >= 0.3 is 6.18 Å². The van der Waals surface area contributed by atoms with Gasteiger partial charge < -0.3 is 16.0 Å². The third-order valence-electron chi connectivity index (χ3n) is 1.34. The van der Waals surface area contributed by atoms with E-state index < -0.39 is 12.7 Å². The molecule has 1 aliphatic rings. The number of amides is 1. The molecule has 14 heavy (non-hydrogen) atoms. The van der Waals surface area contributed by atoms with Crippen molar-refractivity contribution < 1.29 is 18.0 Å². The molecule has 1 rings (SSSR count). The number of halogens is 3. The maximum absolute atomic E-state index is 11.0. The summed E-state index contributed by atoms with van der Waals surface area (Å²) in [6, 6.07) is 0. The first-order valence-corrected chi connectivity index (χ1v) is 4.21. The number of alkyl halides is 3. The number of carbonyl (C=O) groups excluding carboxylic acids is 1. The van der Waals surface area contributed by atoms with E-state index >= 15 is 0 Å². The van der Waals surface area contributed by atoms with Crippen molar-refractivity contribution in [2.75, 3.05) is 32.7 Å². The maximum Gasteiger partial charge on any atom is 0.405 e. The third-order valence-corrected chi connectivity index (χ3v) is 1.34. The molecule has 0 unspecified atom stereocenters. The van der Waals surface area contributed by atoms with Gasteiger partial charge in [-0.3, -0.25) is 4.79 Å². The zero-order valence-corrected chi connectivity index (χ0v) is 7.66. The smallest absolute Gasteiger partial charge is 0.350 e. The molecule has 0 aromatic rings. The van der Waals surface area contributed by atoms with Gasteiger partial charge in [-0.15, -0.1) is 0 Å². The van der Waals surface area contributed by atoms with Crippen molar-refractivity contribution in [1.29, 1.82) is 0 Å². The molecule has 0 aliphatic carbocycles. The van der Waals surface area contributed by atoms with Gasteiger partial charge in [0.05, 0.1) is 0 Å². The minimum atomic E-state index is -4.29.